The number of hydrogen-bond donors (Lipinski definition) is 0. The van der Waals surface area contributed by atoms with Crippen LogP contribution in [0, 0.1) is 0 Å². The van der Waals surface area contributed by atoms with Crippen molar-refractivity contribution >= 4 is 107 Å². The predicted molar refractivity (Wildman–Crippen MR) is 226 cm³/mol. The zero-order valence-electron chi connectivity index (χ0n) is 27.9. The van der Waals surface area contributed by atoms with Crippen LogP contribution >= 0.6 is 22.7 Å². The summed E-state index contributed by atoms with van der Waals surface area (Å²) in [5.74, 6) is 0. The molecule has 0 saturated heterocycles. The number of fused-ring (bicyclic) bond motifs is 12. The highest BCUT2D eigenvalue weighted by molar-refractivity contribution is 7.26. The van der Waals surface area contributed by atoms with Crippen LogP contribution in [0.3, 0.4) is 0 Å². The van der Waals surface area contributed by atoms with Gasteiger partial charge in [-0.3, -0.25) is 0 Å². The fourth-order valence-corrected chi connectivity index (χ4v) is 10.7. The van der Waals surface area contributed by atoms with E-state index < -0.39 is 0 Å². The molecule has 0 amide bonds. The molecule has 0 fully saturated rings. The monoisotopic (exact) mass is 696 g/mol. The second kappa shape index (κ2) is 10.7. The normalized spacial score (nSPS) is 12.2. The van der Waals surface area contributed by atoms with Crippen LogP contribution in [0.15, 0.2) is 170 Å². The zero-order valence-corrected chi connectivity index (χ0v) is 29.5. The van der Waals surface area contributed by atoms with Crippen molar-refractivity contribution in [2.75, 3.05) is 0 Å². The summed E-state index contributed by atoms with van der Waals surface area (Å²) < 4.78 is 10.2. The molecule has 4 heteroatoms. The highest BCUT2D eigenvalue weighted by Gasteiger charge is 2.17. The molecule has 0 atom stereocenters. The maximum Gasteiger partial charge on any atom is 0.0541 e. The summed E-state index contributed by atoms with van der Waals surface area (Å²) in [7, 11) is 0. The van der Waals surface area contributed by atoms with E-state index in [0.29, 0.717) is 0 Å². The number of benzene rings is 8. The first-order valence-corrected chi connectivity index (χ1v) is 19.3. The molecule has 2 nitrogen and oxygen atoms in total. The number of hydrogen-bond acceptors (Lipinski definition) is 2. The minimum atomic E-state index is 1.19. The first kappa shape index (κ1) is 28.5. The third kappa shape index (κ3) is 3.99. The van der Waals surface area contributed by atoms with Crippen molar-refractivity contribution in [2.24, 2.45) is 0 Å². The first-order chi connectivity index (χ1) is 25.8. The Hall–Kier alpha value is -6.20. The van der Waals surface area contributed by atoms with Gasteiger partial charge in [0.05, 0.1) is 22.1 Å². The summed E-state index contributed by atoms with van der Waals surface area (Å²) in [5.41, 5.74) is 9.72. The van der Waals surface area contributed by atoms with Gasteiger partial charge < -0.3 is 9.13 Å². The molecule has 0 radical (unpaired) electrons. The van der Waals surface area contributed by atoms with Gasteiger partial charge in [0, 0.05) is 73.3 Å². The Balaban J connectivity index is 1.03. The van der Waals surface area contributed by atoms with Crippen molar-refractivity contribution in [3.8, 4) is 22.5 Å². The van der Waals surface area contributed by atoms with Crippen LogP contribution in [-0.2, 0) is 0 Å². The summed E-state index contributed by atoms with van der Waals surface area (Å²) in [4.78, 5) is 0. The Kier molecular flexibility index (Phi) is 5.84. The van der Waals surface area contributed by atoms with E-state index in [0.717, 1.165) is 0 Å². The minimum Gasteiger partial charge on any atom is -0.309 e. The summed E-state index contributed by atoms with van der Waals surface area (Å²) >= 11 is 3.73. The molecular formula is C48H28N2S2. The Morgan fingerprint density at radius 2 is 0.654 bits per heavy atom. The van der Waals surface area contributed by atoms with Gasteiger partial charge in [0.2, 0.25) is 0 Å². The molecule has 0 saturated carbocycles. The third-order valence-corrected chi connectivity index (χ3v) is 13.2. The number of thiophene rings is 2. The van der Waals surface area contributed by atoms with Crippen LogP contribution in [-0.4, -0.2) is 9.13 Å². The summed E-state index contributed by atoms with van der Waals surface area (Å²) in [6, 6.07) is 63.0. The van der Waals surface area contributed by atoms with Gasteiger partial charge in [-0.1, -0.05) is 84.9 Å². The van der Waals surface area contributed by atoms with Crippen LogP contribution < -0.4 is 0 Å². The number of aromatic nitrogens is 2. The fourth-order valence-electron chi connectivity index (χ4n) is 8.57. The molecule has 0 aliphatic carbocycles. The lowest BCUT2D eigenvalue weighted by Crippen LogP contribution is -1.93. The quantitative estimate of drug-likeness (QED) is 0.174. The maximum atomic E-state index is 2.44. The second-order valence-electron chi connectivity index (χ2n) is 13.7. The molecule has 242 valence electrons. The van der Waals surface area contributed by atoms with Gasteiger partial charge in [-0.2, -0.15) is 0 Å². The SMILES string of the molecule is c1ccc2c(c1)sc1ccc(-n3c4ccccc4c4cc(-c5ccc6c(c5)c5ccccc5n6-c5ccc6sc7ccccc7c6c5)ccc43)cc12. The highest BCUT2D eigenvalue weighted by atomic mass is 32.1. The van der Waals surface area contributed by atoms with Gasteiger partial charge in [-0.15, -0.1) is 22.7 Å². The fraction of sp³-hybridized carbons (Fsp3) is 0. The van der Waals surface area contributed by atoms with Crippen molar-refractivity contribution < 1.29 is 0 Å². The van der Waals surface area contributed by atoms with Gasteiger partial charge in [0.15, 0.2) is 0 Å². The number of para-hydroxylation sites is 2. The summed E-state index contributed by atoms with van der Waals surface area (Å²) in [6.45, 7) is 0. The topological polar surface area (TPSA) is 9.86 Å². The lowest BCUT2D eigenvalue weighted by atomic mass is 10.0. The Morgan fingerprint density at radius 1 is 0.269 bits per heavy atom. The number of rotatable bonds is 3. The van der Waals surface area contributed by atoms with Gasteiger partial charge in [0.25, 0.3) is 0 Å². The zero-order chi connectivity index (χ0) is 33.9. The Labute approximate surface area is 306 Å². The van der Waals surface area contributed by atoms with Crippen molar-refractivity contribution in [3.05, 3.63) is 170 Å². The van der Waals surface area contributed by atoms with Crippen LogP contribution in [0.1, 0.15) is 0 Å². The van der Waals surface area contributed by atoms with E-state index in [9.17, 15) is 0 Å². The third-order valence-electron chi connectivity index (χ3n) is 10.9. The molecule has 0 unspecified atom stereocenters. The molecule has 0 aliphatic rings. The molecule has 0 spiro atoms. The summed E-state index contributed by atoms with van der Waals surface area (Å²) in [6.07, 6.45) is 0. The molecular weight excluding hydrogens is 669 g/mol. The minimum absolute atomic E-state index is 1.19. The van der Waals surface area contributed by atoms with Crippen LogP contribution in [0.5, 0.6) is 0 Å². The van der Waals surface area contributed by atoms with Gasteiger partial charge >= 0.3 is 0 Å². The smallest absolute Gasteiger partial charge is 0.0541 e. The van der Waals surface area contributed by atoms with Crippen molar-refractivity contribution in [1.82, 2.24) is 9.13 Å². The average Bonchev–Trinajstić information content (AvgIpc) is 3.94. The summed E-state index contributed by atoms with van der Waals surface area (Å²) in [5, 5.41) is 10.3. The van der Waals surface area contributed by atoms with E-state index in [1.807, 2.05) is 22.7 Å². The van der Waals surface area contributed by atoms with E-state index in [1.54, 1.807) is 0 Å². The van der Waals surface area contributed by atoms with Crippen molar-refractivity contribution in [2.45, 2.75) is 0 Å². The van der Waals surface area contributed by atoms with Gasteiger partial charge in [-0.25, -0.2) is 0 Å². The predicted octanol–water partition coefficient (Wildman–Crippen LogP) is 14.3. The maximum absolute atomic E-state index is 2.44. The lowest BCUT2D eigenvalue weighted by molar-refractivity contribution is 1.19. The van der Waals surface area contributed by atoms with E-state index in [1.165, 1.54) is 106 Å². The molecule has 12 aromatic rings. The largest absolute Gasteiger partial charge is 0.309 e. The molecule has 0 aliphatic heterocycles. The first-order valence-electron chi connectivity index (χ1n) is 17.7. The van der Waals surface area contributed by atoms with Crippen LogP contribution in [0.25, 0.3) is 106 Å². The Morgan fingerprint density at radius 3 is 1.13 bits per heavy atom. The van der Waals surface area contributed by atoms with E-state index >= 15 is 0 Å². The standard InChI is InChI=1S/C48H28N2S2/c1-5-13-41-33(9-1)37-25-29(17-21-43(37)49(41)31-19-23-47-39(27-31)35-11-3-7-15-45(35)51-47)30-18-22-44-38(26-30)34-10-2-6-14-42(34)50(44)32-20-24-48-40(28-32)36-12-4-8-16-46(36)52-48/h1-28H. The number of nitrogens with zero attached hydrogens (tertiary/aromatic N) is 2. The van der Waals surface area contributed by atoms with Gasteiger partial charge in [0.1, 0.15) is 0 Å². The second-order valence-corrected chi connectivity index (χ2v) is 15.9. The van der Waals surface area contributed by atoms with Crippen LogP contribution in [0.4, 0.5) is 0 Å². The molecule has 4 heterocycles. The van der Waals surface area contributed by atoms with E-state index in [4.69, 9.17) is 0 Å². The van der Waals surface area contributed by atoms with E-state index in [-0.39, 0.29) is 0 Å². The lowest BCUT2D eigenvalue weighted by Gasteiger charge is -2.10. The molecule has 4 aromatic heterocycles. The van der Waals surface area contributed by atoms with Crippen molar-refractivity contribution in [3.63, 3.8) is 0 Å². The highest BCUT2D eigenvalue weighted by Crippen LogP contribution is 2.41. The molecule has 0 N–H and O–H groups in total. The molecule has 52 heavy (non-hydrogen) atoms. The van der Waals surface area contributed by atoms with E-state index in [2.05, 4.69) is 179 Å². The Bertz CT molecular complexity index is 3190. The van der Waals surface area contributed by atoms with Crippen LogP contribution in [0.2, 0.25) is 0 Å². The van der Waals surface area contributed by atoms with Crippen molar-refractivity contribution in [1.29, 1.82) is 0 Å². The molecule has 8 aromatic carbocycles. The average molecular weight is 697 g/mol. The molecule has 0 bridgehead atoms. The van der Waals surface area contributed by atoms with Gasteiger partial charge in [-0.05, 0) is 96.1 Å². The molecule has 12 rings (SSSR count).